The van der Waals surface area contributed by atoms with Gasteiger partial charge in [-0.05, 0) is 65.5 Å². The largest absolute Gasteiger partial charge is 0.493 e. The van der Waals surface area contributed by atoms with Crippen LogP contribution in [0.4, 0.5) is 0 Å². The average molecular weight is 447 g/mol. The van der Waals surface area contributed by atoms with Crippen molar-refractivity contribution in [2.75, 3.05) is 40.4 Å². The Labute approximate surface area is 196 Å². The maximum absolute atomic E-state index is 13.5. The van der Waals surface area contributed by atoms with Crippen LogP contribution in [-0.2, 0) is 17.6 Å². The molecule has 1 heterocycles. The topological polar surface area (TPSA) is 42.0 Å². The predicted molar refractivity (Wildman–Crippen MR) is 133 cm³/mol. The molecule has 3 aromatic carbocycles. The van der Waals surface area contributed by atoms with Gasteiger partial charge in [-0.2, -0.15) is 0 Å². The number of benzene rings is 3. The minimum absolute atomic E-state index is 0.0533. The molecular weight excluding hydrogens is 412 g/mol. The molecule has 1 atom stereocenters. The third-order valence-electron chi connectivity index (χ3n) is 6.87. The molecule has 4 rings (SSSR count). The standard InChI is InChI=1S/C28H34N2O3/c1-5-29(6-2)19-28(31)30-15-14-22-17-26(32-3)27(33-4)18-24(22)25(30)16-21-12-9-11-20-10-7-8-13-23(20)21/h7-13,17-18,25H,5-6,14-16,19H2,1-4H3. The third-order valence-corrected chi connectivity index (χ3v) is 6.87. The smallest absolute Gasteiger partial charge is 0.237 e. The molecule has 0 N–H and O–H groups in total. The first-order valence-corrected chi connectivity index (χ1v) is 11.8. The second-order valence-electron chi connectivity index (χ2n) is 8.56. The van der Waals surface area contributed by atoms with Gasteiger partial charge in [-0.1, -0.05) is 56.3 Å². The molecule has 1 amide bonds. The van der Waals surface area contributed by atoms with E-state index in [-0.39, 0.29) is 11.9 Å². The van der Waals surface area contributed by atoms with Crippen molar-refractivity contribution in [3.05, 3.63) is 71.3 Å². The summed E-state index contributed by atoms with van der Waals surface area (Å²) in [4.78, 5) is 17.8. The number of hydrogen-bond donors (Lipinski definition) is 0. The van der Waals surface area contributed by atoms with Crippen molar-refractivity contribution in [2.24, 2.45) is 0 Å². The van der Waals surface area contributed by atoms with Gasteiger partial charge in [-0.15, -0.1) is 0 Å². The Balaban J connectivity index is 1.77. The first-order valence-electron chi connectivity index (χ1n) is 11.8. The van der Waals surface area contributed by atoms with E-state index in [1.165, 1.54) is 21.9 Å². The van der Waals surface area contributed by atoms with Crippen molar-refractivity contribution < 1.29 is 14.3 Å². The van der Waals surface area contributed by atoms with Crippen molar-refractivity contribution in [2.45, 2.75) is 32.7 Å². The van der Waals surface area contributed by atoms with Crippen LogP contribution in [0.3, 0.4) is 0 Å². The quantitative estimate of drug-likeness (QED) is 0.495. The summed E-state index contributed by atoms with van der Waals surface area (Å²) in [6.45, 7) is 7.09. The van der Waals surface area contributed by atoms with Crippen LogP contribution >= 0.6 is 0 Å². The number of amides is 1. The number of methoxy groups -OCH3 is 2. The molecule has 5 nitrogen and oxygen atoms in total. The number of nitrogens with zero attached hydrogens (tertiary/aromatic N) is 2. The van der Waals surface area contributed by atoms with Gasteiger partial charge < -0.3 is 14.4 Å². The molecule has 0 spiro atoms. The molecule has 0 fully saturated rings. The van der Waals surface area contributed by atoms with Crippen LogP contribution in [0.1, 0.15) is 36.6 Å². The number of hydrogen-bond acceptors (Lipinski definition) is 4. The van der Waals surface area contributed by atoms with Gasteiger partial charge in [0.1, 0.15) is 0 Å². The molecule has 0 aromatic heterocycles. The van der Waals surface area contributed by atoms with Gasteiger partial charge in [0.05, 0.1) is 26.8 Å². The summed E-state index contributed by atoms with van der Waals surface area (Å²) in [5, 5.41) is 2.46. The van der Waals surface area contributed by atoms with Crippen molar-refractivity contribution in [1.82, 2.24) is 9.80 Å². The second-order valence-corrected chi connectivity index (χ2v) is 8.56. The van der Waals surface area contributed by atoms with Crippen molar-refractivity contribution >= 4 is 16.7 Å². The fourth-order valence-corrected chi connectivity index (χ4v) is 4.95. The Hall–Kier alpha value is -3.05. The maximum Gasteiger partial charge on any atom is 0.237 e. The summed E-state index contributed by atoms with van der Waals surface area (Å²) in [6.07, 6.45) is 1.57. The zero-order valence-corrected chi connectivity index (χ0v) is 20.1. The molecule has 0 bridgehead atoms. The lowest BCUT2D eigenvalue weighted by molar-refractivity contribution is -0.135. The Kier molecular flexibility index (Phi) is 7.19. The van der Waals surface area contributed by atoms with Crippen LogP contribution in [-0.4, -0.2) is 56.1 Å². The van der Waals surface area contributed by atoms with Crippen LogP contribution in [0.25, 0.3) is 10.8 Å². The van der Waals surface area contributed by atoms with Gasteiger partial charge in [-0.3, -0.25) is 9.69 Å². The van der Waals surface area contributed by atoms with Gasteiger partial charge in [0.15, 0.2) is 11.5 Å². The van der Waals surface area contributed by atoms with Crippen LogP contribution in [0.5, 0.6) is 11.5 Å². The van der Waals surface area contributed by atoms with E-state index in [2.05, 4.69) is 78.2 Å². The van der Waals surface area contributed by atoms with Crippen LogP contribution < -0.4 is 9.47 Å². The lowest BCUT2D eigenvalue weighted by Gasteiger charge is -2.39. The Morgan fingerprint density at radius 2 is 1.70 bits per heavy atom. The number of rotatable bonds is 8. The van der Waals surface area contributed by atoms with Gasteiger partial charge >= 0.3 is 0 Å². The Bertz CT molecular complexity index is 1120. The first kappa shape index (κ1) is 23.1. The summed E-state index contributed by atoms with van der Waals surface area (Å²) >= 11 is 0. The molecule has 0 saturated carbocycles. The van der Waals surface area contributed by atoms with Gasteiger partial charge in [-0.25, -0.2) is 0 Å². The van der Waals surface area contributed by atoms with Crippen molar-refractivity contribution in [3.8, 4) is 11.5 Å². The highest BCUT2D eigenvalue weighted by atomic mass is 16.5. The number of fused-ring (bicyclic) bond motifs is 2. The van der Waals surface area contributed by atoms with E-state index in [9.17, 15) is 4.79 Å². The van der Waals surface area contributed by atoms with Crippen LogP contribution in [0.15, 0.2) is 54.6 Å². The molecule has 3 aromatic rings. The zero-order valence-electron chi connectivity index (χ0n) is 20.1. The fraction of sp³-hybridized carbons (Fsp3) is 0.393. The average Bonchev–Trinajstić information content (AvgIpc) is 2.86. The molecule has 1 aliphatic heterocycles. The number of likely N-dealkylation sites (N-methyl/N-ethyl adjacent to an activating group) is 1. The highest BCUT2D eigenvalue weighted by Gasteiger charge is 2.33. The number of carbonyl (C=O) groups is 1. The van der Waals surface area contributed by atoms with E-state index < -0.39 is 0 Å². The van der Waals surface area contributed by atoms with Gasteiger partial charge in [0.2, 0.25) is 5.91 Å². The van der Waals surface area contributed by atoms with Crippen LogP contribution in [0.2, 0.25) is 0 Å². The highest BCUT2D eigenvalue weighted by molar-refractivity contribution is 5.86. The summed E-state index contributed by atoms with van der Waals surface area (Å²) in [5.41, 5.74) is 3.63. The minimum Gasteiger partial charge on any atom is -0.493 e. The summed E-state index contributed by atoms with van der Waals surface area (Å²) < 4.78 is 11.2. The van der Waals surface area contributed by atoms with Crippen molar-refractivity contribution in [3.63, 3.8) is 0 Å². The van der Waals surface area contributed by atoms with E-state index in [0.717, 1.165) is 37.2 Å². The van der Waals surface area contributed by atoms with Gasteiger partial charge in [0, 0.05) is 6.54 Å². The molecule has 0 aliphatic carbocycles. The second kappa shape index (κ2) is 10.3. The van der Waals surface area contributed by atoms with E-state index in [1.54, 1.807) is 14.2 Å². The summed E-state index contributed by atoms with van der Waals surface area (Å²) in [5.74, 6) is 1.63. The third kappa shape index (κ3) is 4.69. The Morgan fingerprint density at radius 1 is 1.00 bits per heavy atom. The molecule has 174 valence electrons. The Morgan fingerprint density at radius 3 is 2.42 bits per heavy atom. The van der Waals surface area contributed by atoms with E-state index in [1.807, 2.05) is 0 Å². The van der Waals surface area contributed by atoms with Crippen molar-refractivity contribution in [1.29, 1.82) is 0 Å². The van der Waals surface area contributed by atoms with E-state index >= 15 is 0 Å². The monoisotopic (exact) mass is 446 g/mol. The predicted octanol–water partition coefficient (Wildman–Crippen LogP) is 4.87. The number of carbonyl (C=O) groups excluding carboxylic acids is 1. The fourth-order valence-electron chi connectivity index (χ4n) is 4.95. The molecular formula is C28H34N2O3. The molecule has 5 heteroatoms. The maximum atomic E-state index is 13.5. The van der Waals surface area contributed by atoms with Crippen LogP contribution in [0, 0.1) is 0 Å². The number of ether oxygens (including phenoxy) is 2. The summed E-state index contributed by atoms with van der Waals surface area (Å²) in [6, 6.07) is 19.0. The molecule has 33 heavy (non-hydrogen) atoms. The minimum atomic E-state index is -0.0533. The molecule has 1 aliphatic rings. The normalized spacial score (nSPS) is 15.5. The SMILES string of the molecule is CCN(CC)CC(=O)N1CCc2cc(OC)c(OC)cc2C1Cc1cccc2ccccc12. The summed E-state index contributed by atoms with van der Waals surface area (Å²) in [7, 11) is 3.33. The van der Waals surface area contributed by atoms with E-state index in [4.69, 9.17) is 9.47 Å². The molecule has 1 unspecified atom stereocenters. The van der Waals surface area contributed by atoms with Gasteiger partial charge in [0.25, 0.3) is 0 Å². The van der Waals surface area contributed by atoms with E-state index in [0.29, 0.717) is 18.8 Å². The first-order chi connectivity index (χ1) is 16.1. The lowest BCUT2D eigenvalue weighted by Crippen LogP contribution is -2.46. The molecule has 0 saturated heterocycles. The highest BCUT2D eigenvalue weighted by Crippen LogP contribution is 2.40. The zero-order chi connectivity index (χ0) is 23.4. The molecule has 0 radical (unpaired) electrons. The lowest BCUT2D eigenvalue weighted by atomic mass is 9.87.